The Labute approximate surface area is 185 Å². The highest BCUT2D eigenvalue weighted by atomic mass is 127. The minimum atomic E-state index is 0. The molecule has 8 heteroatoms. The molecule has 2 atom stereocenters. The van der Waals surface area contributed by atoms with Gasteiger partial charge in [-0.1, -0.05) is 12.1 Å². The highest BCUT2D eigenvalue weighted by Gasteiger charge is 2.32. The first kappa shape index (κ1) is 21.4. The molecule has 1 aromatic rings. The van der Waals surface area contributed by atoms with Gasteiger partial charge < -0.3 is 20.3 Å². The molecule has 2 N–H and O–H groups in total. The molecular formula is C20H33IN6O. The lowest BCUT2D eigenvalue weighted by atomic mass is 10.1. The van der Waals surface area contributed by atoms with Crippen LogP contribution >= 0.6 is 24.0 Å². The quantitative estimate of drug-likeness (QED) is 0.359. The maximum atomic E-state index is 5.52. The summed E-state index contributed by atoms with van der Waals surface area (Å²) in [4.78, 5) is 12.0. The van der Waals surface area contributed by atoms with Gasteiger partial charge in [0.2, 0.25) is 0 Å². The third kappa shape index (κ3) is 4.83. The van der Waals surface area contributed by atoms with Crippen LogP contribution in [0.1, 0.15) is 6.42 Å². The average molecular weight is 500 g/mol. The first-order valence-corrected chi connectivity index (χ1v) is 10.1. The number of nitrogens with one attached hydrogen (secondary N) is 2. The molecule has 0 spiro atoms. The number of guanidine groups is 1. The van der Waals surface area contributed by atoms with Crippen LogP contribution in [-0.2, 0) is 0 Å². The number of hydrogen-bond donors (Lipinski definition) is 2. The van der Waals surface area contributed by atoms with Crippen LogP contribution in [0.15, 0.2) is 29.3 Å². The Morgan fingerprint density at radius 1 is 1.14 bits per heavy atom. The first-order chi connectivity index (χ1) is 13.3. The predicted molar refractivity (Wildman–Crippen MR) is 125 cm³/mol. The molecule has 2 bridgehead atoms. The van der Waals surface area contributed by atoms with Gasteiger partial charge >= 0.3 is 0 Å². The topological polar surface area (TPSA) is 55.4 Å². The summed E-state index contributed by atoms with van der Waals surface area (Å²) in [6.07, 6.45) is 1.10. The predicted octanol–water partition coefficient (Wildman–Crippen LogP) is 1.06. The average Bonchev–Trinajstić information content (AvgIpc) is 3.20. The number of piperazine rings is 3. The van der Waals surface area contributed by atoms with Crippen molar-refractivity contribution >= 4 is 35.6 Å². The van der Waals surface area contributed by atoms with E-state index in [9.17, 15) is 0 Å². The van der Waals surface area contributed by atoms with Crippen molar-refractivity contribution in [2.24, 2.45) is 4.99 Å². The summed E-state index contributed by atoms with van der Waals surface area (Å²) in [6, 6.07) is 9.25. The van der Waals surface area contributed by atoms with Crippen molar-refractivity contribution in [3.05, 3.63) is 24.3 Å². The summed E-state index contributed by atoms with van der Waals surface area (Å²) in [7, 11) is 3.60. The van der Waals surface area contributed by atoms with Gasteiger partial charge in [-0.3, -0.25) is 14.8 Å². The lowest BCUT2D eigenvalue weighted by Crippen LogP contribution is -2.64. The largest absolute Gasteiger partial charge is 0.495 e. The molecule has 0 radical (unpaired) electrons. The molecule has 0 aliphatic carbocycles. The van der Waals surface area contributed by atoms with Crippen molar-refractivity contribution in [3.8, 4) is 5.75 Å². The fourth-order valence-electron chi connectivity index (χ4n) is 4.51. The summed E-state index contributed by atoms with van der Waals surface area (Å²) in [6.45, 7) is 8.98. The number of halogens is 1. The summed E-state index contributed by atoms with van der Waals surface area (Å²) >= 11 is 0. The molecule has 156 valence electrons. The van der Waals surface area contributed by atoms with E-state index in [0.29, 0.717) is 12.1 Å². The number of anilines is 1. The van der Waals surface area contributed by atoms with E-state index >= 15 is 0 Å². The number of methoxy groups -OCH3 is 1. The third-order valence-corrected chi connectivity index (χ3v) is 6.08. The zero-order chi connectivity index (χ0) is 18.6. The van der Waals surface area contributed by atoms with Crippen LogP contribution in [0.25, 0.3) is 0 Å². The van der Waals surface area contributed by atoms with Crippen molar-refractivity contribution in [2.45, 2.75) is 18.5 Å². The van der Waals surface area contributed by atoms with Crippen LogP contribution in [-0.4, -0.2) is 94.4 Å². The monoisotopic (exact) mass is 500 g/mol. The fraction of sp³-hybridized carbons (Fsp3) is 0.650. The van der Waals surface area contributed by atoms with Gasteiger partial charge in [0, 0.05) is 71.5 Å². The zero-order valence-corrected chi connectivity index (χ0v) is 19.3. The molecule has 4 aliphatic rings. The number of para-hydroxylation sites is 2. The SMILES string of the molecule is CN=C(NCC1CN2CCN1CC2)NC1CCN(c2ccccc2OC)C1.I. The number of nitrogens with zero attached hydrogens (tertiary/aromatic N) is 4. The van der Waals surface area contributed by atoms with Gasteiger partial charge in [0.25, 0.3) is 0 Å². The van der Waals surface area contributed by atoms with Crippen molar-refractivity contribution < 1.29 is 4.74 Å². The minimum Gasteiger partial charge on any atom is -0.495 e. The van der Waals surface area contributed by atoms with E-state index in [1.54, 1.807) is 7.11 Å². The fourth-order valence-corrected chi connectivity index (χ4v) is 4.51. The Morgan fingerprint density at radius 3 is 2.61 bits per heavy atom. The van der Waals surface area contributed by atoms with Gasteiger partial charge in [0.1, 0.15) is 5.75 Å². The maximum Gasteiger partial charge on any atom is 0.191 e. The molecule has 7 nitrogen and oxygen atoms in total. The molecule has 4 saturated heterocycles. The zero-order valence-electron chi connectivity index (χ0n) is 16.9. The first-order valence-electron chi connectivity index (χ1n) is 10.1. The molecular weight excluding hydrogens is 467 g/mol. The third-order valence-electron chi connectivity index (χ3n) is 6.08. The standard InChI is InChI=1S/C20H32N6O.HI/c1-21-20(22-13-17-15-24-9-11-25(17)12-10-24)23-16-7-8-26(14-16)18-5-3-4-6-19(18)27-2;/h3-6,16-17H,7-15H2,1-2H3,(H2,21,22,23);1H. The Hall–Kier alpha value is -1.26. The van der Waals surface area contributed by atoms with E-state index in [1.165, 1.54) is 38.4 Å². The van der Waals surface area contributed by atoms with Crippen LogP contribution < -0.4 is 20.3 Å². The Bertz CT molecular complexity index is 664. The van der Waals surface area contributed by atoms with Crippen molar-refractivity contribution in [1.29, 1.82) is 0 Å². The van der Waals surface area contributed by atoms with E-state index in [1.807, 2.05) is 19.2 Å². The van der Waals surface area contributed by atoms with Gasteiger partial charge in [0.05, 0.1) is 12.8 Å². The Morgan fingerprint density at radius 2 is 1.93 bits per heavy atom. The lowest BCUT2D eigenvalue weighted by molar-refractivity contribution is 0.0154. The second kappa shape index (κ2) is 9.98. The number of benzene rings is 1. The van der Waals surface area contributed by atoms with Crippen LogP contribution in [0.5, 0.6) is 5.75 Å². The van der Waals surface area contributed by atoms with Crippen molar-refractivity contribution in [3.63, 3.8) is 0 Å². The van der Waals surface area contributed by atoms with Crippen LogP contribution in [0.4, 0.5) is 5.69 Å². The van der Waals surface area contributed by atoms with Crippen LogP contribution in [0, 0.1) is 0 Å². The molecule has 0 amide bonds. The minimum absolute atomic E-state index is 0. The van der Waals surface area contributed by atoms with Gasteiger partial charge in [-0.2, -0.15) is 0 Å². The van der Waals surface area contributed by atoms with E-state index in [-0.39, 0.29) is 24.0 Å². The van der Waals surface area contributed by atoms with E-state index in [2.05, 4.69) is 42.5 Å². The lowest BCUT2D eigenvalue weighted by Gasteiger charge is -2.47. The molecule has 0 aromatic heterocycles. The molecule has 4 fully saturated rings. The summed E-state index contributed by atoms with van der Waals surface area (Å²) in [5, 5.41) is 7.17. The molecule has 4 aliphatic heterocycles. The maximum absolute atomic E-state index is 5.52. The second-order valence-corrected chi connectivity index (χ2v) is 7.69. The molecule has 5 rings (SSSR count). The smallest absolute Gasteiger partial charge is 0.191 e. The molecule has 2 unspecified atom stereocenters. The van der Waals surface area contributed by atoms with Gasteiger partial charge in [0.15, 0.2) is 5.96 Å². The second-order valence-electron chi connectivity index (χ2n) is 7.69. The summed E-state index contributed by atoms with van der Waals surface area (Å²) < 4.78 is 5.52. The Balaban J connectivity index is 0.00000225. The highest BCUT2D eigenvalue weighted by Crippen LogP contribution is 2.30. The van der Waals surface area contributed by atoms with Gasteiger partial charge in [-0.05, 0) is 18.6 Å². The van der Waals surface area contributed by atoms with Gasteiger partial charge in [-0.25, -0.2) is 0 Å². The molecule has 1 aromatic carbocycles. The molecule has 4 heterocycles. The normalized spacial score (nSPS) is 29.4. The van der Waals surface area contributed by atoms with Gasteiger partial charge in [-0.15, -0.1) is 24.0 Å². The highest BCUT2D eigenvalue weighted by molar-refractivity contribution is 14.0. The molecule has 28 heavy (non-hydrogen) atoms. The van der Waals surface area contributed by atoms with Crippen molar-refractivity contribution in [1.82, 2.24) is 20.4 Å². The number of ether oxygens (including phenoxy) is 1. The number of aliphatic imine (C=N–C) groups is 1. The number of hydrogen-bond acceptors (Lipinski definition) is 5. The molecule has 0 saturated carbocycles. The number of rotatable bonds is 5. The van der Waals surface area contributed by atoms with Crippen LogP contribution in [0.3, 0.4) is 0 Å². The van der Waals surface area contributed by atoms with E-state index < -0.39 is 0 Å². The number of fused-ring (bicyclic) bond motifs is 3. The summed E-state index contributed by atoms with van der Waals surface area (Å²) in [5.41, 5.74) is 1.17. The van der Waals surface area contributed by atoms with E-state index in [4.69, 9.17) is 4.74 Å². The summed E-state index contributed by atoms with van der Waals surface area (Å²) in [5.74, 6) is 1.86. The van der Waals surface area contributed by atoms with Crippen LogP contribution in [0.2, 0.25) is 0 Å². The van der Waals surface area contributed by atoms with Crippen molar-refractivity contribution in [2.75, 3.05) is 71.4 Å². The van der Waals surface area contributed by atoms with E-state index in [0.717, 1.165) is 37.8 Å². The Kier molecular flexibility index (Phi) is 7.64.